The third-order valence-electron chi connectivity index (χ3n) is 1.63. The van der Waals surface area contributed by atoms with Crippen molar-refractivity contribution in [3.8, 4) is 10.6 Å². The van der Waals surface area contributed by atoms with Gasteiger partial charge in [-0.3, -0.25) is 0 Å². The van der Waals surface area contributed by atoms with Gasteiger partial charge in [0.15, 0.2) is 5.13 Å². The lowest BCUT2D eigenvalue weighted by atomic mass is 10.3. The molecule has 0 spiro atoms. The largest absolute Gasteiger partial charge is 0.375 e. The molecule has 0 atom stereocenters. The smallest absolute Gasteiger partial charge is 0.180 e. The maximum Gasteiger partial charge on any atom is 0.180 e. The zero-order valence-electron chi connectivity index (χ0n) is 7.06. The number of nitrogens with two attached hydrogens (primary N) is 1. The van der Waals surface area contributed by atoms with Crippen molar-refractivity contribution in [1.29, 1.82) is 0 Å². The van der Waals surface area contributed by atoms with E-state index < -0.39 is 0 Å². The predicted octanol–water partition coefficient (Wildman–Crippen LogP) is 1.49. The van der Waals surface area contributed by atoms with E-state index in [1.807, 2.05) is 13.0 Å². The molecule has 2 heterocycles. The summed E-state index contributed by atoms with van der Waals surface area (Å²) in [5.74, 6) is 0. The number of hydrogen-bond donors (Lipinski definition) is 1. The molecule has 2 aromatic heterocycles. The number of nitrogen functional groups attached to an aromatic ring is 1. The molecule has 66 valence electrons. The molecule has 2 N–H and O–H groups in total. The third-order valence-corrected chi connectivity index (χ3v) is 2.64. The van der Waals surface area contributed by atoms with E-state index in [0.29, 0.717) is 5.13 Å². The van der Waals surface area contributed by atoms with E-state index in [2.05, 4.69) is 15.0 Å². The normalized spacial score (nSPS) is 10.2. The Kier molecular flexibility index (Phi) is 1.94. The SMILES string of the molecule is Cc1nc(N)sc1-c1ccncn1. The molecule has 0 bridgehead atoms. The monoisotopic (exact) mass is 192 g/mol. The molecule has 0 unspecified atom stereocenters. The van der Waals surface area contributed by atoms with Gasteiger partial charge in [-0.2, -0.15) is 0 Å². The van der Waals surface area contributed by atoms with Crippen LogP contribution in [0.25, 0.3) is 10.6 Å². The fourth-order valence-corrected chi connectivity index (χ4v) is 1.89. The van der Waals surface area contributed by atoms with Crippen LogP contribution in [0, 0.1) is 6.92 Å². The Morgan fingerprint density at radius 1 is 1.46 bits per heavy atom. The van der Waals surface area contributed by atoms with Crippen molar-refractivity contribution >= 4 is 16.5 Å². The van der Waals surface area contributed by atoms with Gasteiger partial charge < -0.3 is 5.73 Å². The second kappa shape index (κ2) is 3.10. The Morgan fingerprint density at radius 3 is 2.85 bits per heavy atom. The number of aryl methyl sites for hydroxylation is 1. The standard InChI is InChI=1S/C8H8N4S/c1-5-7(13-8(9)12-5)6-2-3-10-4-11-6/h2-4H,1H3,(H2,9,12). The van der Waals surface area contributed by atoms with Crippen molar-refractivity contribution in [3.05, 3.63) is 24.3 Å². The van der Waals surface area contributed by atoms with Crippen LogP contribution in [0.4, 0.5) is 5.13 Å². The number of nitrogens with zero attached hydrogens (tertiary/aromatic N) is 3. The molecule has 0 radical (unpaired) electrons. The highest BCUT2D eigenvalue weighted by Crippen LogP contribution is 2.28. The molecule has 0 aliphatic rings. The minimum Gasteiger partial charge on any atom is -0.375 e. The van der Waals surface area contributed by atoms with Crippen LogP contribution in [-0.2, 0) is 0 Å². The summed E-state index contributed by atoms with van der Waals surface area (Å²) in [6.07, 6.45) is 3.22. The van der Waals surface area contributed by atoms with Crippen molar-refractivity contribution in [2.24, 2.45) is 0 Å². The summed E-state index contributed by atoms with van der Waals surface area (Å²) >= 11 is 1.44. The van der Waals surface area contributed by atoms with Crippen LogP contribution >= 0.6 is 11.3 Å². The second-order valence-electron chi connectivity index (χ2n) is 2.56. The lowest BCUT2D eigenvalue weighted by molar-refractivity contribution is 1.17. The lowest BCUT2D eigenvalue weighted by Gasteiger charge is -1.94. The molecular weight excluding hydrogens is 184 g/mol. The summed E-state index contributed by atoms with van der Waals surface area (Å²) in [5.41, 5.74) is 7.38. The van der Waals surface area contributed by atoms with Crippen molar-refractivity contribution in [1.82, 2.24) is 15.0 Å². The number of hydrogen-bond acceptors (Lipinski definition) is 5. The van der Waals surface area contributed by atoms with Crippen molar-refractivity contribution in [3.63, 3.8) is 0 Å². The van der Waals surface area contributed by atoms with E-state index in [1.54, 1.807) is 6.20 Å². The molecule has 0 saturated carbocycles. The van der Waals surface area contributed by atoms with Gasteiger partial charge >= 0.3 is 0 Å². The Balaban J connectivity index is 2.53. The highest BCUT2D eigenvalue weighted by atomic mass is 32.1. The van der Waals surface area contributed by atoms with E-state index in [1.165, 1.54) is 17.7 Å². The molecule has 4 nitrogen and oxygen atoms in total. The first-order valence-corrected chi connectivity index (χ1v) is 4.58. The van der Waals surface area contributed by atoms with E-state index >= 15 is 0 Å². The molecule has 0 aliphatic carbocycles. The summed E-state index contributed by atoms with van der Waals surface area (Å²) in [6, 6.07) is 1.85. The van der Waals surface area contributed by atoms with Crippen LogP contribution in [0.5, 0.6) is 0 Å². The summed E-state index contributed by atoms with van der Waals surface area (Å²) in [4.78, 5) is 13.1. The molecule has 5 heteroatoms. The van der Waals surface area contributed by atoms with Crippen molar-refractivity contribution in [2.75, 3.05) is 5.73 Å². The van der Waals surface area contributed by atoms with Gasteiger partial charge in [-0.15, -0.1) is 0 Å². The molecular formula is C8H8N4S. The maximum atomic E-state index is 5.58. The Hall–Kier alpha value is -1.49. The van der Waals surface area contributed by atoms with Crippen LogP contribution in [0.15, 0.2) is 18.6 Å². The van der Waals surface area contributed by atoms with Crippen LogP contribution in [0.2, 0.25) is 0 Å². The summed E-state index contributed by atoms with van der Waals surface area (Å²) in [6.45, 7) is 1.92. The molecule has 0 fully saturated rings. The molecule has 13 heavy (non-hydrogen) atoms. The first kappa shape index (κ1) is 8.12. The number of anilines is 1. The van der Waals surface area contributed by atoms with E-state index in [-0.39, 0.29) is 0 Å². The Morgan fingerprint density at radius 2 is 2.31 bits per heavy atom. The van der Waals surface area contributed by atoms with Crippen molar-refractivity contribution in [2.45, 2.75) is 6.92 Å². The van der Waals surface area contributed by atoms with E-state index in [0.717, 1.165) is 16.3 Å². The number of aromatic nitrogens is 3. The van der Waals surface area contributed by atoms with Crippen LogP contribution in [0.3, 0.4) is 0 Å². The molecule has 2 aromatic rings. The first-order chi connectivity index (χ1) is 6.27. The summed E-state index contributed by atoms with van der Waals surface area (Å²) < 4.78 is 0. The van der Waals surface area contributed by atoms with Gasteiger partial charge in [-0.25, -0.2) is 15.0 Å². The quantitative estimate of drug-likeness (QED) is 0.743. The zero-order valence-corrected chi connectivity index (χ0v) is 7.88. The second-order valence-corrected chi connectivity index (χ2v) is 3.59. The molecule has 2 rings (SSSR count). The van der Waals surface area contributed by atoms with Gasteiger partial charge in [0.25, 0.3) is 0 Å². The topological polar surface area (TPSA) is 64.7 Å². The average molecular weight is 192 g/mol. The number of thiazole rings is 1. The Labute approximate surface area is 79.5 Å². The average Bonchev–Trinajstić information content (AvgIpc) is 2.47. The van der Waals surface area contributed by atoms with Crippen LogP contribution in [0.1, 0.15) is 5.69 Å². The predicted molar refractivity (Wildman–Crippen MR) is 52.3 cm³/mol. The summed E-state index contributed by atoms with van der Waals surface area (Å²) in [7, 11) is 0. The van der Waals surface area contributed by atoms with Crippen LogP contribution < -0.4 is 5.73 Å². The van der Waals surface area contributed by atoms with Crippen molar-refractivity contribution < 1.29 is 0 Å². The van der Waals surface area contributed by atoms with Gasteiger partial charge in [-0.1, -0.05) is 11.3 Å². The van der Waals surface area contributed by atoms with Gasteiger partial charge in [0.1, 0.15) is 6.33 Å². The van der Waals surface area contributed by atoms with Crippen LogP contribution in [-0.4, -0.2) is 15.0 Å². The molecule has 0 saturated heterocycles. The fraction of sp³-hybridized carbons (Fsp3) is 0.125. The zero-order chi connectivity index (χ0) is 9.26. The fourth-order valence-electron chi connectivity index (χ4n) is 1.08. The summed E-state index contributed by atoms with van der Waals surface area (Å²) in [5, 5.41) is 0.575. The van der Waals surface area contributed by atoms with Gasteiger partial charge in [0, 0.05) is 6.20 Å². The molecule has 0 amide bonds. The highest BCUT2D eigenvalue weighted by molar-refractivity contribution is 7.18. The van der Waals surface area contributed by atoms with Gasteiger partial charge in [-0.05, 0) is 13.0 Å². The maximum absolute atomic E-state index is 5.58. The lowest BCUT2D eigenvalue weighted by Crippen LogP contribution is -1.83. The van der Waals surface area contributed by atoms with Gasteiger partial charge in [0.2, 0.25) is 0 Å². The third kappa shape index (κ3) is 1.50. The Bertz CT molecular complexity index is 409. The minimum absolute atomic E-state index is 0.575. The molecule has 0 aliphatic heterocycles. The highest BCUT2D eigenvalue weighted by Gasteiger charge is 2.07. The van der Waals surface area contributed by atoms with E-state index in [9.17, 15) is 0 Å². The van der Waals surface area contributed by atoms with Gasteiger partial charge in [0.05, 0.1) is 16.3 Å². The number of rotatable bonds is 1. The minimum atomic E-state index is 0.575. The van der Waals surface area contributed by atoms with E-state index in [4.69, 9.17) is 5.73 Å². The molecule has 0 aromatic carbocycles. The first-order valence-electron chi connectivity index (χ1n) is 3.76.